The molecule has 0 bridgehead atoms. The van der Waals surface area contributed by atoms with Gasteiger partial charge in [0.25, 0.3) is 5.56 Å². The van der Waals surface area contributed by atoms with Crippen LogP contribution in [0.4, 0.5) is 5.69 Å². The molecule has 3 rings (SSSR count). The number of nitrogens with one attached hydrogen (secondary N) is 1. The predicted molar refractivity (Wildman–Crippen MR) is 92.2 cm³/mol. The third kappa shape index (κ3) is 2.88. The Labute approximate surface area is 145 Å². The molecule has 10 nitrogen and oxygen atoms in total. The summed E-state index contributed by atoms with van der Waals surface area (Å²) in [6.07, 6.45) is 1.30. The maximum Gasteiger partial charge on any atom is 0.335 e. The largest absolute Gasteiger partial charge is 0.478 e. The van der Waals surface area contributed by atoms with Gasteiger partial charge in [-0.05, 0) is 18.2 Å². The SMILES string of the molecule is Cn1c(=O)c2ncn(CC(=O)Nc3cccc(C(=O)O)c3)c2n(C)c1=O. The highest BCUT2D eigenvalue weighted by molar-refractivity contribution is 5.94. The summed E-state index contributed by atoms with van der Waals surface area (Å²) >= 11 is 0. The van der Waals surface area contributed by atoms with E-state index in [1.807, 2.05) is 0 Å². The van der Waals surface area contributed by atoms with Crippen LogP contribution < -0.4 is 16.6 Å². The van der Waals surface area contributed by atoms with Gasteiger partial charge >= 0.3 is 11.7 Å². The number of benzene rings is 1. The quantitative estimate of drug-likeness (QED) is 0.664. The zero-order valence-corrected chi connectivity index (χ0v) is 14.0. The van der Waals surface area contributed by atoms with Gasteiger partial charge in [-0.15, -0.1) is 0 Å². The van der Waals surface area contributed by atoms with E-state index in [1.54, 1.807) is 6.07 Å². The monoisotopic (exact) mass is 357 g/mol. The topological polar surface area (TPSA) is 128 Å². The second-order valence-electron chi connectivity index (χ2n) is 5.68. The predicted octanol–water partition coefficient (Wildman–Crippen LogP) is -0.229. The Balaban J connectivity index is 1.91. The van der Waals surface area contributed by atoms with Crippen LogP contribution >= 0.6 is 0 Å². The molecule has 2 heterocycles. The number of carboxylic acid groups (broad SMARTS) is 1. The molecule has 1 aromatic carbocycles. The highest BCUT2D eigenvalue weighted by atomic mass is 16.4. The van der Waals surface area contributed by atoms with Gasteiger partial charge < -0.3 is 15.0 Å². The molecule has 3 aromatic rings. The number of carboxylic acids is 1. The molecule has 0 saturated heterocycles. The Morgan fingerprint density at radius 2 is 1.92 bits per heavy atom. The van der Waals surface area contributed by atoms with Gasteiger partial charge in [-0.1, -0.05) is 6.07 Å². The van der Waals surface area contributed by atoms with Gasteiger partial charge in [-0.2, -0.15) is 0 Å². The number of anilines is 1. The lowest BCUT2D eigenvalue weighted by molar-refractivity contribution is -0.116. The molecular formula is C16H15N5O5. The number of hydrogen-bond donors (Lipinski definition) is 2. The first-order valence-electron chi connectivity index (χ1n) is 7.53. The Kier molecular flexibility index (Phi) is 4.16. The lowest BCUT2D eigenvalue weighted by atomic mass is 10.2. The molecule has 26 heavy (non-hydrogen) atoms. The lowest BCUT2D eigenvalue weighted by Crippen LogP contribution is -2.37. The van der Waals surface area contributed by atoms with Crippen LogP contribution in [-0.2, 0) is 25.4 Å². The maximum absolute atomic E-state index is 12.3. The molecule has 0 fully saturated rings. The van der Waals surface area contributed by atoms with Crippen molar-refractivity contribution in [1.29, 1.82) is 0 Å². The summed E-state index contributed by atoms with van der Waals surface area (Å²) in [5.41, 5.74) is -0.399. The summed E-state index contributed by atoms with van der Waals surface area (Å²) in [6, 6.07) is 5.81. The van der Waals surface area contributed by atoms with Crippen LogP contribution in [0.25, 0.3) is 11.2 Å². The fourth-order valence-electron chi connectivity index (χ4n) is 2.64. The number of carbonyl (C=O) groups is 2. The van der Waals surface area contributed by atoms with Gasteiger partial charge in [0.2, 0.25) is 5.91 Å². The first kappa shape index (κ1) is 17.1. The molecule has 0 aliphatic rings. The lowest BCUT2D eigenvalue weighted by Gasteiger charge is -2.09. The standard InChI is InChI=1S/C16H15N5O5/c1-19-13-12(14(23)20(2)16(19)26)17-8-21(13)7-11(22)18-10-5-3-4-9(6-10)15(24)25/h3-6,8H,7H2,1-2H3,(H,18,22)(H,24,25). The highest BCUT2D eigenvalue weighted by Gasteiger charge is 2.16. The van der Waals surface area contributed by atoms with E-state index >= 15 is 0 Å². The molecule has 134 valence electrons. The van der Waals surface area contributed by atoms with E-state index in [2.05, 4.69) is 10.3 Å². The van der Waals surface area contributed by atoms with Crippen molar-refractivity contribution in [2.75, 3.05) is 5.32 Å². The fourth-order valence-corrected chi connectivity index (χ4v) is 2.64. The van der Waals surface area contributed by atoms with Gasteiger partial charge in [-0.3, -0.25) is 18.7 Å². The normalized spacial score (nSPS) is 10.8. The minimum absolute atomic E-state index is 0.0433. The van der Waals surface area contributed by atoms with Crippen LogP contribution in [0.5, 0.6) is 0 Å². The second kappa shape index (κ2) is 6.31. The second-order valence-corrected chi connectivity index (χ2v) is 5.68. The van der Waals surface area contributed by atoms with E-state index in [-0.39, 0.29) is 23.3 Å². The molecule has 1 amide bonds. The van der Waals surface area contributed by atoms with Crippen LogP contribution in [0.2, 0.25) is 0 Å². The van der Waals surface area contributed by atoms with Gasteiger partial charge in [0, 0.05) is 19.8 Å². The van der Waals surface area contributed by atoms with Crippen molar-refractivity contribution in [1.82, 2.24) is 18.7 Å². The number of nitrogens with zero attached hydrogens (tertiary/aromatic N) is 4. The van der Waals surface area contributed by atoms with E-state index in [9.17, 15) is 19.2 Å². The molecule has 0 unspecified atom stereocenters. The molecular weight excluding hydrogens is 342 g/mol. The van der Waals surface area contributed by atoms with Crippen LogP contribution in [0, 0.1) is 0 Å². The summed E-state index contributed by atoms with van der Waals surface area (Å²) in [5.74, 6) is -1.56. The Hall–Kier alpha value is -3.69. The van der Waals surface area contributed by atoms with Crippen molar-refractivity contribution in [3.63, 3.8) is 0 Å². The van der Waals surface area contributed by atoms with Crippen LogP contribution in [0.1, 0.15) is 10.4 Å². The Morgan fingerprint density at radius 3 is 2.62 bits per heavy atom. The van der Waals surface area contributed by atoms with Gasteiger partial charge in [0.1, 0.15) is 12.2 Å². The number of fused-ring (bicyclic) bond motifs is 1. The van der Waals surface area contributed by atoms with Gasteiger partial charge in [-0.25, -0.2) is 14.6 Å². The zero-order chi connectivity index (χ0) is 19.0. The number of imidazole rings is 1. The minimum Gasteiger partial charge on any atom is -0.478 e. The van der Waals surface area contributed by atoms with Crippen LogP contribution in [0.3, 0.4) is 0 Å². The summed E-state index contributed by atoms with van der Waals surface area (Å²) in [5, 5.41) is 11.6. The Morgan fingerprint density at radius 1 is 1.19 bits per heavy atom. The smallest absolute Gasteiger partial charge is 0.335 e. The molecule has 0 atom stereocenters. The van der Waals surface area contributed by atoms with Crippen molar-refractivity contribution < 1.29 is 14.7 Å². The maximum atomic E-state index is 12.3. The number of carbonyl (C=O) groups excluding carboxylic acids is 1. The number of aromatic carboxylic acids is 1. The van der Waals surface area contributed by atoms with Crippen molar-refractivity contribution >= 4 is 28.7 Å². The van der Waals surface area contributed by atoms with Crippen molar-refractivity contribution in [3.05, 3.63) is 57.0 Å². The third-order valence-corrected chi connectivity index (χ3v) is 3.92. The molecule has 0 radical (unpaired) electrons. The average molecular weight is 357 g/mol. The molecule has 0 spiro atoms. The molecule has 0 aliphatic carbocycles. The molecule has 0 aliphatic heterocycles. The summed E-state index contributed by atoms with van der Waals surface area (Å²) < 4.78 is 3.56. The number of amides is 1. The highest BCUT2D eigenvalue weighted by Crippen LogP contribution is 2.12. The van der Waals surface area contributed by atoms with Gasteiger partial charge in [0.05, 0.1) is 11.9 Å². The van der Waals surface area contributed by atoms with Crippen LogP contribution in [0.15, 0.2) is 40.2 Å². The van der Waals surface area contributed by atoms with E-state index in [0.29, 0.717) is 5.69 Å². The zero-order valence-electron chi connectivity index (χ0n) is 14.0. The van der Waals surface area contributed by atoms with E-state index in [0.717, 1.165) is 4.57 Å². The molecule has 2 N–H and O–H groups in total. The minimum atomic E-state index is -1.10. The molecule has 10 heteroatoms. The van der Waals surface area contributed by atoms with E-state index in [4.69, 9.17) is 5.11 Å². The third-order valence-electron chi connectivity index (χ3n) is 3.92. The fraction of sp³-hybridized carbons (Fsp3) is 0.188. The summed E-state index contributed by atoms with van der Waals surface area (Å²) in [4.78, 5) is 51.4. The number of aryl methyl sites for hydroxylation is 1. The molecule has 2 aromatic heterocycles. The number of rotatable bonds is 4. The summed E-state index contributed by atoms with van der Waals surface area (Å²) in [7, 11) is 2.84. The first-order chi connectivity index (χ1) is 12.3. The van der Waals surface area contributed by atoms with Crippen molar-refractivity contribution in [2.45, 2.75) is 6.54 Å². The Bertz CT molecular complexity index is 1150. The summed E-state index contributed by atoms with van der Waals surface area (Å²) in [6.45, 7) is -0.200. The van der Waals surface area contributed by atoms with E-state index < -0.39 is 23.1 Å². The van der Waals surface area contributed by atoms with E-state index in [1.165, 1.54) is 47.8 Å². The van der Waals surface area contributed by atoms with Crippen molar-refractivity contribution in [3.8, 4) is 0 Å². The van der Waals surface area contributed by atoms with Crippen molar-refractivity contribution in [2.24, 2.45) is 14.1 Å². The number of hydrogen-bond acceptors (Lipinski definition) is 5. The van der Waals surface area contributed by atoms with Crippen LogP contribution in [-0.4, -0.2) is 35.7 Å². The average Bonchev–Trinajstić information content (AvgIpc) is 3.01. The van der Waals surface area contributed by atoms with Gasteiger partial charge in [0.15, 0.2) is 5.52 Å². The number of aromatic nitrogens is 4. The first-order valence-corrected chi connectivity index (χ1v) is 7.53. The molecule has 0 saturated carbocycles.